The van der Waals surface area contributed by atoms with Crippen LogP contribution in [0, 0.1) is 0 Å². The number of aliphatic hydroxyl groups excluding tert-OH is 2. The van der Waals surface area contributed by atoms with Crippen molar-refractivity contribution in [2.75, 3.05) is 0 Å². The Morgan fingerprint density at radius 1 is 1.24 bits per heavy atom. The molecule has 0 aromatic carbocycles. The Labute approximate surface area is 105 Å². The molecular formula is C12H26O4Si. The van der Waals surface area contributed by atoms with Crippen molar-refractivity contribution in [2.24, 2.45) is 0 Å². The molecule has 1 fully saturated rings. The van der Waals surface area contributed by atoms with Crippen molar-refractivity contribution in [3.05, 3.63) is 0 Å². The van der Waals surface area contributed by atoms with Crippen molar-refractivity contribution in [1.82, 2.24) is 0 Å². The molecule has 0 aliphatic carbocycles. The average molecular weight is 262 g/mol. The van der Waals surface area contributed by atoms with Crippen molar-refractivity contribution in [2.45, 2.75) is 76.8 Å². The smallest absolute Gasteiger partial charge is 0.192 e. The SMILES string of the molecule is C[C@H]1O[C@H](O)C[C@@H](O[Si](C)(C)C(C)(C)C)[C@H]1O. The number of hydrogen-bond acceptors (Lipinski definition) is 4. The Balaban J connectivity index is 2.73. The summed E-state index contributed by atoms with van der Waals surface area (Å²) in [5.41, 5.74) is 0. The third-order valence-corrected chi connectivity index (χ3v) is 8.42. The normalized spacial score (nSPS) is 36.0. The van der Waals surface area contributed by atoms with E-state index in [1.807, 2.05) is 0 Å². The maximum atomic E-state index is 10.0. The van der Waals surface area contributed by atoms with Crippen molar-refractivity contribution in [3.8, 4) is 0 Å². The summed E-state index contributed by atoms with van der Waals surface area (Å²) in [4.78, 5) is 0. The Kier molecular flexibility index (Phi) is 4.42. The quantitative estimate of drug-likeness (QED) is 0.746. The van der Waals surface area contributed by atoms with Crippen molar-refractivity contribution >= 4 is 8.32 Å². The molecule has 1 rings (SSSR count). The molecule has 102 valence electrons. The van der Waals surface area contributed by atoms with E-state index >= 15 is 0 Å². The van der Waals surface area contributed by atoms with E-state index in [0.29, 0.717) is 6.42 Å². The fraction of sp³-hybridized carbons (Fsp3) is 1.00. The minimum Gasteiger partial charge on any atom is -0.411 e. The van der Waals surface area contributed by atoms with Gasteiger partial charge in [-0.1, -0.05) is 20.8 Å². The fourth-order valence-electron chi connectivity index (χ4n) is 1.70. The van der Waals surface area contributed by atoms with Gasteiger partial charge in [0.1, 0.15) is 6.10 Å². The van der Waals surface area contributed by atoms with Crippen LogP contribution in [0.15, 0.2) is 0 Å². The topological polar surface area (TPSA) is 58.9 Å². The van der Waals surface area contributed by atoms with Gasteiger partial charge in [-0.05, 0) is 25.1 Å². The number of ether oxygens (including phenoxy) is 1. The number of rotatable bonds is 2. The van der Waals surface area contributed by atoms with Gasteiger partial charge in [0.05, 0.1) is 12.2 Å². The molecule has 0 aromatic heterocycles. The summed E-state index contributed by atoms with van der Waals surface area (Å²) in [5, 5.41) is 19.7. The van der Waals surface area contributed by atoms with Gasteiger partial charge in [0.25, 0.3) is 0 Å². The minimum absolute atomic E-state index is 0.0964. The van der Waals surface area contributed by atoms with Gasteiger partial charge in [-0.2, -0.15) is 0 Å². The number of aliphatic hydroxyl groups is 2. The molecule has 1 aliphatic heterocycles. The maximum absolute atomic E-state index is 10.0. The third kappa shape index (κ3) is 3.51. The minimum atomic E-state index is -1.92. The van der Waals surface area contributed by atoms with Crippen LogP contribution in [0.3, 0.4) is 0 Å². The molecule has 2 N–H and O–H groups in total. The molecule has 0 amide bonds. The first-order valence-electron chi connectivity index (χ1n) is 6.24. The van der Waals surface area contributed by atoms with Crippen LogP contribution in [-0.4, -0.2) is 43.1 Å². The lowest BCUT2D eigenvalue weighted by Gasteiger charge is -2.44. The monoisotopic (exact) mass is 262 g/mol. The Hall–Kier alpha value is 0.0569. The third-order valence-electron chi connectivity index (χ3n) is 3.92. The van der Waals surface area contributed by atoms with Gasteiger partial charge in [0, 0.05) is 6.42 Å². The molecule has 0 bridgehead atoms. The van der Waals surface area contributed by atoms with Crippen LogP contribution in [0.1, 0.15) is 34.1 Å². The van der Waals surface area contributed by atoms with Gasteiger partial charge >= 0.3 is 0 Å². The van der Waals surface area contributed by atoms with Crippen LogP contribution in [0.4, 0.5) is 0 Å². The first kappa shape index (κ1) is 15.1. The van der Waals surface area contributed by atoms with Gasteiger partial charge < -0.3 is 19.4 Å². The first-order valence-corrected chi connectivity index (χ1v) is 9.15. The molecule has 0 spiro atoms. The lowest BCUT2D eigenvalue weighted by atomic mass is 10.0. The second kappa shape index (κ2) is 4.97. The van der Waals surface area contributed by atoms with E-state index in [1.165, 1.54) is 0 Å². The second-order valence-electron chi connectivity index (χ2n) is 6.44. The molecule has 0 saturated carbocycles. The molecule has 1 saturated heterocycles. The predicted molar refractivity (Wildman–Crippen MR) is 69.2 cm³/mol. The highest BCUT2D eigenvalue weighted by atomic mass is 28.4. The second-order valence-corrected chi connectivity index (χ2v) is 11.2. The fourth-order valence-corrected chi connectivity index (χ4v) is 3.04. The lowest BCUT2D eigenvalue weighted by molar-refractivity contribution is -0.223. The Bertz CT molecular complexity index is 262. The number of hydrogen-bond donors (Lipinski definition) is 2. The summed E-state index contributed by atoms with van der Waals surface area (Å²) in [5.74, 6) is 0. The molecule has 5 heteroatoms. The van der Waals surface area contributed by atoms with Gasteiger partial charge in [0.2, 0.25) is 0 Å². The van der Waals surface area contributed by atoms with Crippen molar-refractivity contribution < 1.29 is 19.4 Å². The molecule has 17 heavy (non-hydrogen) atoms. The van der Waals surface area contributed by atoms with Crippen LogP contribution in [0.25, 0.3) is 0 Å². The van der Waals surface area contributed by atoms with E-state index < -0.39 is 20.7 Å². The van der Waals surface area contributed by atoms with Crippen LogP contribution < -0.4 is 0 Å². The zero-order valence-electron chi connectivity index (χ0n) is 11.7. The Morgan fingerprint density at radius 2 is 1.76 bits per heavy atom. The van der Waals surface area contributed by atoms with E-state index in [9.17, 15) is 10.2 Å². The van der Waals surface area contributed by atoms with E-state index in [-0.39, 0.29) is 17.2 Å². The lowest BCUT2D eigenvalue weighted by Crippen LogP contribution is -2.54. The van der Waals surface area contributed by atoms with Crippen LogP contribution in [0.2, 0.25) is 18.1 Å². The van der Waals surface area contributed by atoms with Gasteiger partial charge in [-0.15, -0.1) is 0 Å². The van der Waals surface area contributed by atoms with Crippen molar-refractivity contribution in [1.29, 1.82) is 0 Å². The molecule has 4 atom stereocenters. The van der Waals surface area contributed by atoms with E-state index in [2.05, 4.69) is 33.9 Å². The van der Waals surface area contributed by atoms with E-state index in [0.717, 1.165) is 0 Å². The molecule has 0 radical (unpaired) electrons. The summed E-state index contributed by atoms with van der Waals surface area (Å²) in [7, 11) is -1.92. The molecule has 0 unspecified atom stereocenters. The van der Waals surface area contributed by atoms with Gasteiger partial charge in [-0.25, -0.2) is 0 Å². The highest BCUT2D eigenvalue weighted by Crippen LogP contribution is 2.39. The highest BCUT2D eigenvalue weighted by molar-refractivity contribution is 6.74. The zero-order valence-corrected chi connectivity index (χ0v) is 12.7. The summed E-state index contributed by atoms with van der Waals surface area (Å²) >= 11 is 0. The van der Waals surface area contributed by atoms with Gasteiger partial charge in [0.15, 0.2) is 14.6 Å². The molecular weight excluding hydrogens is 236 g/mol. The zero-order chi connectivity index (χ0) is 13.4. The van der Waals surface area contributed by atoms with Gasteiger partial charge in [-0.3, -0.25) is 0 Å². The van der Waals surface area contributed by atoms with Crippen molar-refractivity contribution in [3.63, 3.8) is 0 Å². The highest BCUT2D eigenvalue weighted by Gasteiger charge is 2.43. The summed E-state index contributed by atoms with van der Waals surface area (Å²) in [6.07, 6.45) is -1.85. The van der Waals surface area contributed by atoms with E-state index in [4.69, 9.17) is 9.16 Å². The summed E-state index contributed by atoms with van der Waals surface area (Å²) < 4.78 is 11.3. The largest absolute Gasteiger partial charge is 0.411 e. The predicted octanol–water partition coefficient (Wildman–Crippen LogP) is 1.86. The first-order chi connectivity index (χ1) is 7.54. The average Bonchev–Trinajstić information content (AvgIpc) is 2.11. The molecule has 1 heterocycles. The van der Waals surface area contributed by atoms with Crippen LogP contribution in [0.5, 0.6) is 0 Å². The molecule has 1 aliphatic rings. The standard InChI is InChI=1S/C12H26O4Si/c1-8-11(14)9(7-10(13)15-8)16-17(5,6)12(2,3)4/h8-11,13-14H,7H2,1-6H3/t8-,9-,10+,11+/m1/s1. The van der Waals surface area contributed by atoms with E-state index in [1.54, 1.807) is 6.92 Å². The molecule has 4 nitrogen and oxygen atoms in total. The van der Waals surface area contributed by atoms with Crippen LogP contribution in [-0.2, 0) is 9.16 Å². The van der Waals surface area contributed by atoms with Crippen LogP contribution >= 0.6 is 0 Å². The summed E-state index contributed by atoms with van der Waals surface area (Å²) in [6, 6.07) is 0. The maximum Gasteiger partial charge on any atom is 0.192 e. The molecule has 0 aromatic rings. The Morgan fingerprint density at radius 3 is 2.24 bits per heavy atom. The summed E-state index contributed by atoms with van der Waals surface area (Å²) in [6.45, 7) is 12.5.